The Balaban J connectivity index is 0.00000112. The van der Waals surface area contributed by atoms with Crippen LogP contribution in [0.4, 0.5) is 5.69 Å². The Kier molecular flexibility index (Phi) is 4.37. The molecular weight excluding hydrogens is 214 g/mol. The third kappa shape index (κ3) is 2.83. The second kappa shape index (κ2) is 5.56. The number of carbonyl (C=O) groups excluding carboxylic acids is 1. The molecule has 0 unspecified atom stereocenters. The first-order chi connectivity index (χ1) is 6.90. The first kappa shape index (κ1) is 11.8. The maximum Gasteiger partial charge on any atom is 0.209 e. The van der Waals surface area contributed by atoms with Gasteiger partial charge in [-0.2, -0.15) is 0 Å². The zero-order chi connectivity index (χ0) is 9.80. The number of hydrogen-bond acceptors (Lipinski definition) is 3. The van der Waals surface area contributed by atoms with E-state index in [4.69, 9.17) is 0 Å². The van der Waals surface area contributed by atoms with Crippen molar-refractivity contribution in [3.05, 3.63) is 24.5 Å². The quantitative estimate of drug-likeness (QED) is 0.701. The van der Waals surface area contributed by atoms with Crippen LogP contribution in [0.2, 0.25) is 0 Å². The van der Waals surface area contributed by atoms with Gasteiger partial charge in [0.05, 0.1) is 11.9 Å². The molecule has 0 spiro atoms. The minimum atomic E-state index is 0. The van der Waals surface area contributed by atoms with Crippen LogP contribution in [-0.4, -0.2) is 42.5 Å². The van der Waals surface area contributed by atoms with Crippen LogP contribution >= 0.6 is 12.4 Å². The van der Waals surface area contributed by atoms with Gasteiger partial charge in [-0.1, -0.05) is 0 Å². The van der Waals surface area contributed by atoms with Crippen molar-refractivity contribution in [3.8, 4) is 0 Å². The monoisotopic (exact) mass is 227 g/mol. The lowest BCUT2D eigenvalue weighted by molar-refractivity contribution is -0.118. The molecule has 1 aliphatic rings. The fourth-order valence-electron chi connectivity index (χ4n) is 1.63. The van der Waals surface area contributed by atoms with Gasteiger partial charge in [-0.25, -0.2) is 0 Å². The van der Waals surface area contributed by atoms with Gasteiger partial charge in [-0.3, -0.25) is 9.78 Å². The highest BCUT2D eigenvalue weighted by atomic mass is 35.5. The summed E-state index contributed by atoms with van der Waals surface area (Å²) in [5, 5.41) is 0. The molecule has 2 heterocycles. The van der Waals surface area contributed by atoms with Crippen molar-refractivity contribution in [1.82, 2.24) is 9.88 Å². The van der Waals surface area contributed by atoms with Crippen molar-refractivity contribution < 1.29 is 4.79 Å². The Morgan fingerprint density at radius 2 is 2.00 bits per heavy atom. The molecule has 2 rings (SSSR count). The summed E-state index contributed by atoms with van der Waals surface area (Å²) in [4.78, 5) is 18.6. The molecular formula is C10H14ClN3O. The lowest BCUT2D eigenvalue weighted by Crippen LogP contribution is -2.45. The van der Waals surface area contributed by atoms with Crippen LogP contribution in [0, 0.1) is 0 Å². The van der Waals surface area contributed by atoms with Gasteiger partial charge in [-0.15, -0.1) is 12.4 Å². The second-order valence-corrected chi connectivity index (χ2v) is 3.34. The molecule has 1 aromatic rings. The number of rotatable bonds is 2. The summed E-state index contributed by atoms with van der Waals surface area (Å²) >= 11 is 0. The highest BCUT2D eigenvalue weighted by Gasteiger charge is 2.15. The lowest BCUT2D eigenvalue weighted by atomic mass is 10.3. The summed E-state index contributed by atoms with van der Waals surface area (Å²) in [6.45, 7) is 3.39. The van der Waals surface area contributed by atoms with Crippen LogP contribution in [0.3, 0.4) is 0 Å². The molecule has 15 heavy (non-hydrogen) atoms. The molecule has 82 valence electrons. The molecule has 1 amide bonds. The largest absolute Gasteiger partial charge is 0.367 e. The molecule has 0 saturated carbocycles. The summed E-state index contributed by atoms with van der Waals surface area (Å²) in [5.41, 5.74) is 1.14. The first-order valence-corrected chi connectivity index (χ1v) is 4.74. The third-order valence-electron chi connectivity index (χ3n) is 2.47. The second-order valence-electron chi connectivity index (χ2n) is 3.34. The summed E-state index contributed by atoms with van der Waals surface area (Å²) in [7, 11) is 0. The molecule has 1 aliphatic heterocycles. The van der Waals surface area contributed by atoms with Crippen LogP contribution in [-0.2, 0) is 4.79 Å². The Hall–Kier alpha value is -1.29. The van der Waals surface area contributed by atoms with Gasteiger partial charge in [0.2, 0.25) is 6.41 Å². The molecule has 5 heteroatoms. The van der Waals surface area contributed by atoms with E-state index in [0.29, 0.717) is 0 Å². The van der Waals surface area contributed by atoms with Gasteiger partial charge < -0.3 is 9.80 Å². The highest BCUT2D eigenvalue weighted by molar-refractivity contribution is 5.85. The van der Waals surface area contributed by atoms with Crippen molar-refractivity contribution in [1.29, 1.82) is 0 Å². The van der Waals surface area contributed by atoms with Crippen LogP contribution in [0.15, 0.2) is 24.5 Å². The summed E-state index contributed by atoms with van der Waals surface area (Å²) in [5.74, 6) is 0. The lowest BCUT2D eigenvalue weighted by Gasteiger charge is -2.33. The van der Waals surface area contributed by atoms with Gasteiger partial charge in [-0.05, 0) is 12.1 Å². The van der Waals surface area contributed by atoms with Gasteiger partial charge in [0.15, 0.2) is 0 Å². The maximum absolute atomic E-state index is 10.5. The van der Waals surface area contributed by atoms with Crippen LogP contribution in [0.1, 0.15) is 0 Å². The minimum absolute atomic E-state index is 0. The smallest absolute Gasteiger partial charge is 0.209 e. The van der Waals surface area contributed by atoms with Gasteiger partial charge in [0, 0.05) is 32.4 Å². The van der Waals surface area contributed by atoms with Crippen LogP contribution in [0.25, 0.3) is 0 Å². The van der Waals surface area contributed by atoms with Gasteiger partial charge in [0.1, 0.15) is 0 Å². The zero-order valence-electron chi connectivity index (χ0n) is 8.37. The van der Waals surface area contributed by atoms with E-state index in [1.54, 1.807) is 11.1 Å². The topological polar surface area (TPSA) is 36.4 Å². The Morgan fingerprint density at radius 3 is 2.53 bits per heavy atom. The van der Waals surface area contributed by atoms with E-state index in [0.717, 1.165) is 38.3 Å². The van der Waals surface area contributed by atoms with Crippen molar-refractivity contribution in [2.24, 2.45) is 0 Å². The van der Waals surface area contributed by atoms with E-state index in [1.807, 2.05) is 18.3 Å². The Morgan fingerprint density at radius 1 is 1.27 bits per heavy atom. The molecule has 1 aromatic heterocycles. The number of nitrogens with zero attached hydrogens (tertiary/aromatic N) is 3. The minimum Gasteiger partial charge on any atom is -0.367 e. The molecule has 0 N–H and O–H groups in total. The number of halogens is 1. The van der Waals surface area contributed by atoms with E-state index >= 15 is 0 Å². The van der Waals surface area contributed by atoms with Gasteiger partial charge >= 0.3 is 0 Å². The molecule has 0 aliphatic carbocycles. The van der Waals surface area contributed by atoms with Crippen molar-refractivity contribution >= 4 is 24.5 Å². The van der Waals surface area contributed by atoms with Crippen molar-refractivity contribution in [3.63, 3.8) is 0 Å². The first-order valence-electron chi connectivity index (χ1n) is 4.74. The number of amides is 1. The fraction of sp³-hybridized carbons (Fsp3) is 0.400. The van der Waals surface area contributed by atoms with Crippen molar-refractivity contribution in [2.75, 3.05) is 31.1 Å². The number of carbonyl (C=O) groups is 1. The predicted molar refractivity (Wildman–Crippen MR) is 61.3 cm³/mol. The SMILES string of the molecule is Cl.O=CN1CCN(c2cccnc2)CC1. The summed E-state index contributed by atoms with van der Waals surface area (Å²) in [6, 6.07) is 3.98. The molecule has 0 atom stereocenters. The third-order valence-corrected chi connectivity index (χ3v) is 2.47. The molecule has 4 nitrogen and oxygen atoms in total. The number of pyridine rings is 1. The van der Waals surface area contributed by atoms with E-state index in [2.05, 4.69) is 9.88 Å². The predicted octanol–water partition coefficient (Wildman–Crippen LogP) is 0.782. The molecule has 0 radical (unpaired) electrons. The summed E-state index contributed by atoms with van der Waals surface area (Å²) in [6.07, 6.45) is 4.54. The molecule has 1 saturated heterocycles. The molecule has 1 fully saturated rings. The fourth-order valence-corrected chi connectivity index (χ4v) is 1.63. The average molecular weight is 228 g/mol. The number of anilines is 1. The maximum atomic E-state index is 10.5. The summed E-state index contributed by atoms with van der Waals surface area (Å²) < 4.78 is 0. The van der Waals surface area contributed by atoms with E-state index in [-0.39, 0.29) is 12.4 Å². The standard InChI is InChI=1S/C10H13N3O.ClH/c14-9-12-4-6-13(7-5-12)10-2-1-3-11-8-10;/h1-3,8-9H,4-7H2;1H. The highest BCUT2D eigenvalue weighted by Crippen LogP contribution is 2.13. The van der Waals surface area contributed by atoms with Gasteiger partial charge in [0.25, 0.3) is 0 Å². The number of aromatic nitrogens is 1. The normalized spacial score (nSPS) is 15.7. The van der Waals surface area contributed by atoms with Crippen molar-refractivity contribution in [2.45, 2.75) is 0 Å². The van der Waals surface area contributed by atoms with E-state index in [1.165, 1.54) is 0 Å². The Bertz CT molecular complexity index is 299. The number of piperazine rings is 1. The Labute approximate surface area is 95.3 Å². The van der Waals surface area contributed by atoms with E-state index < -0.39 is 0 Å². The molecule has 0 bridgehead atoms. The molecule has 0 aromatic carbocycles. The average Bonchev–Trinajstić information content (AvgIpc) is 2.30. The number of hydrogen-bond donors (Lipinski definition) is 0. The van der Waals surface area contributed by atoms with Crippen LogP contribution in [0.5, 0.6) is 0 Å². The van der Waals surface area contributed by atoms with E-state index in [9.17, 15) is 4.79 Å². The zero-order valence-corrected chi connectivity index (χ0v) is 9.19. The van der Waals surface area contributed by atoms with Crippen LogP contribution < -0.4 is 4.90 Å².